The Kier molecular flexibility index (Phi) is 2.96. The van der Waals surface area contributed by atoms with E-state index in [1.165, 1.54) is 5.56 Å². The molecule has 2 rings (SSSR count). The summed E-state index contributed by atoms with van der Waals surface area (Å²) in [5, 5.41) is 6.31. The van der Waals surface area contributed by atoms with Gasteiger partial charge in [-0.05, 0) is 44.5 Å². The number of carbonyl (C=O) groups excluding carboxylic acids is 1. The van der Waals surface area contributed by atoms with Gasteiger partial charge in [-0.1, -0.05) is 19.1 Å². The molecular weight excluding hydrogens is 212 g/mol. The molecule has 0 fully saturated rings. The Labute approximate surface area is 103 Å². The molecule has 0 saturated carbocycles. The maximum absolute atomic E-state index is 11.8. The standard InChI is InChI=1S/C14H20N2O/c1-5-15-9(2)10-6-7-12-11(8-10)14(3,4)13(17)16-12/h6-9,15H,5H2,1-4H3,(H,16,17). The molecule has 1 aromatic rings. The molecule has 1 aliphatic rings. The van der Waals surface area contributed by atoms with Gasteiger partial charge in [-0.15, -0.1) is 0 Å². The first kappa shape index (κ1) is 12.1. The van der Waals surface area contributed by atoms with Gasteiger partial charge in [0.05, 0.1) is 5.41 Å². The first-order chi connectivity index (χ1) is 7.96. The van der Waals surface area contributed by atoms with E-state index in [-0.39, 0.29) is 5.91 Å². The van der Waals surface area contributed by atoms with Crippen molar-refractivity contribution in [1.29, 1.82) is 0 Å². The van der Waals surface area contributed by atoms with Gasteiger partial charge in [0.25, 0.3) is 0 Å². The third kappa shape index (κ3) is 1.95. The van der Waals surface area contributed by atoms with Gasteiger partial charge in [0.2, 0.25) is 5.91 Å². The summed E-state index contributed by atoms with van der Waals surface area (Å²) in [7, 11) is 0. The molecule has 3 heteroatoms. The number of benzene rings is 1. The lowest BCUT2D eigenvalue weighted by molar-refractivity contribution is -0.119. The molecule has 17 heavy (non-hydrogen) atoms. The van der Waals surface area contributed by atoms with Crippen LogP contribution in [0.3, 0.4) is 0 Å². The fraction of sp³-hybridized carbons (Fsp3) is 0.500. The van der Waals surface area contributed by atoms with Gasteiger partial charge in [-0.3, -0.25) is 4.79 Å². The van der Waals surface area contributed by atoms with E-state index in [2.05, 4.69) is 36.6 Å². The number of rotatable bonds is 3. The fourth-order valence-corrected chi connectivity index (χ4v) is 2.28. The maximum Gasteiger partial charge on any atom is 0.234 e. The zero-order valence-corrected chi connectivity index (χ0v) is 10.9. The van der Waals surface area contributed by atoms with Crippen LogP contribution in [-0.2, 0) is 10.2 Å². The van der Waals surface area contributed by atoms with E-state index in [9.17, 15) is 4.79 Å². The molecule has 1 aromatic carbocycles. The van der Waals surface area contributed by atoms with Crippen molar-refractivity contribution < 1.29 is 4.79 Å². The van der Waals surface area contributed by atoms with Gasteiger partial charge < -0.3 is 10.6 Å². The second-order valence-electron chi connectivity index (χ2n) is 5.16. The molecule has 0 saturated heterocycles. The van der Waals surface area contributed by atoms with Crippen molar-refractivity contribution in [2.24, 2.45) is 0 Å². The van der Waals surface area contributed by atoms with Crippen molar-refractivity contribution in [1.82, 2.24) is 5.32 Å². The van der Waals surface area contributed by atoms with E-state index in [1.54, 1.807) is 0 Å². The molecule has 0 aliphatic carbocycles. The monoisotopic (exact) mass is 232 g/mol. The number of hydrogen-bond donors (Lipinski definition) is 2. The molecule has 0 spiro atoms. The molecule has 1 aliphatic heterocycles. The van der Waals surface area contributed by atoms with Crippen LogP contribution in [0.2, 0.25) is 0 Å². The second kappa shape index (κ2) is 4.15. The Bertz CT molecular complexity index is 452. The van der Waals surface area contributed by atoms with Crippen LogP contribution >= 0.6 is 0 Å². The van der Waals surface area contributed by atoms with Gasteiger partial charge in [0, 0.05) is 11.7 Å². The molecule has 1 unspecified atom stereocenters. The van der Waals surface area contributed by atoms with Gasteiger partial charge in [0.1, 0.15) is 0 Å². The summed E-state index contributed by atoms with van der Waals surface area (Å²) in [6, 6.07) is 6.54. The van der Waals surface area contributed by atoms with Gasteiger partial charge in [0.15, 0.2) is 0 Å². The summed E-state index contributed by atoms with van der Waals surface area (Å²) in [5.74, 6) is 0.0840. The topological polar surface area (TPSA) is 41.1 Å². The lowest BCUT2D eigenvalue weighted by Crippen LogP contribution is -2.27. The molecule has 92 valence electrons. The van der Waals surface area contributed by atoms with Crippen LogP contribution in [0.1, 0.15) is 44.9 Å². The minimum Gasteiger partial charge on any atom is -0.325 e. The fourth-order valence-electron chi connectivity index (χ4n) is 2.28. The van der Waals surface area contributed by atoms with Crippen LogP contribution in [0.15, 0.2) is 18.2 Å². The van der Waals surface area contributed by atoms with Crippen LogP contribution in [0, 0.1) is 0 Å². The van der Waals surface area contributed by atoms with E-state index < -0.39 is 5.41 Å². The van der Waals surface area contributed by atoms with Crippen molar-refractivity contribution in [3.8, 4) is 0 Å². The summed E-state index contributed by atoms with van der Waals surface area (Å²) >= 11 is 0. The number of nitrogens with one attached hydrogen (secondary N) is 2. The van der Waals surface area contributed by atoms with E-state index in [4.69, 9.17) is 0 Å². The Morgan fingerprint density at radius 3 is 2.76 bits per heavy atom. The van der Waals surface area contributed by atoms with E-state index in [1.807, 2.05) is 19.9 Å². The summed E-state index contributed by atoms with van der Waals surface area (Å²) in [5.41, 5.74) is 2.87. The Morgan fingerprint density at radius 1 is 1.41 bits per heavy atom. The van der Waals surface area contributed by atoms with Gasteiger partial charge in [-0.2, -0.15) is 0 Å². The first-order valence-electron chi connectivity index (χ1n) is 6.16. The largest absolute Gasteiger partial charge is 0.325 e. The van der Waals surface area contributed by atoms with Gasteiger partial charge in [-0.25, -0.2) is 0 Å². The highest BCUT2D eigenvalue weighted by Gasteiger charge is 2.38. The normalized spacial score (nSPS) is 18.7. The molecule has 2 N–H and O–H groups in total. The molecule has 1 atom stereocenters. The lowest BCUT2D eigenvalue weighted by atomic mass is 9.85. The van der Waals surface area contributed by atoms with Crippen LogP contribution < -0.4 is 10.6 Å². The smallest absolute Gasteiger partial charge is 0.234 e. The lowest BCUT2D eigenvalue weighted by Gasteiger charge is -2.18. The summed E-state index contributed by atoms with van der Waals surface area (Å²) in [4.78, 5) is 11.8. The van der Waals surface area contributed by atoms with E-state index >= 15 is 0 Å². The molecule has 1 heterocycles. The first-order valence-corrected chi connectivity index (χ1v) is 6.16. The third-order valence-electron chi connectivity index (χ3n) is 3.54. The highest BCUT2D eigenvalue weighted by Crippen LogP contribution is 2.38. The van der Waals surface area contributed by atoms with Crippen LogP contribution in [0.5, 0.6) is 0 Å². The number of hydrogen-bond acceptors (Lipinski definition) is 2. The quantitative estimate of drug-likeness (QED) is 0.841. The minimum absolute atomic E-state index is 0.0840. The average molecular weight is 232 g/mol. The Morgan fingerprint density at radius 2 is 2.12 bits per heavy atom. The van der Waals surface area contributed by atoms with Crippen LogP contribution in [0.25, 0.3) is 0 Å². The zero-order valence-electron chi connectivity index (χ0n) is 10.9. The van der Waals surface area contributed by atoms with Crippen molar-refractivity contribution in [2.45, 2.75) is 39.2 Å². The number of carbonyl (C=O) groups is 1. The molecule has 0 radical (unpaired) electrons. The maximum atomic E-state index is 11.8. The molecule has 3 nitrogen and oxygen atoms in total. The molecular formula is C14H20N2O. The molecule has 1 amide bonds. The minimum atomic E-state index is -0.419. The summed E-state index contributed by atoms with van der Waals surface area (Å²) in [6.07, 6.45) is 0. The Hall–Kier alpha value is -1.35. The van der Waals surface area contributed by atoms with Gasteiger partial charge >= 0.3 is 0 Å². The van der Waals surface area contributed by atoms with Crippen molar-refractivity contribution in [2.75, 3.05) is 11.9 Å². The summed E-state index contributed by atoms with van der Waals surface area (Å²) < 4.78 is 0. The average Bonchev–Trinajstić information content (AvgIpc) is 2.50. The van der Waals surface area contributed by atoms with Crippen LogP contribution in [-0.4, -0.2) is 12.5 Å². The van der Waals surface area contributed by atoms with Crippen molar-refractivity contribution in [3.63, 3.8) is 0 Å². The van der Waals surface area contributed by atoms with Crippen molar-refractivity contribution >= 4 is 11.6 Å². The highest BCUT2D eigenvalue weighted by atomic mass is 16.2. The predicted molar refractivity (Wildman–Crippen MR) is 70.2 cm³/mol. The van der Waals surface area contributed by atoms with E-state index in [0.717, 1.165) is 17.8 Å². The SMILES string of the molecule is CCNC(C)c1ccc2c(c1)C(C)(C)C(=O)N2. The number of amides is 1. The number of anilines is 1. The van der Waals surface area contributed by atoms with Crippen LogP contribution in [0.4, 0.5) is 5.69 Å². The third-order valence-corrected chi connectivity index (χ3v) is 3.54. The van der Waals surface area contributed by atoms with Crippen molar-refractivity contribution in [3.05, 3.63) is 29.3 Å². The second-order valence-corrected chi connectivity index (χ2v) is 5.16. The Balaban J connectivity index is 2.39. The predicted octanol–water partition coefficient (Wildman–Crippen LogP) is 2.59. The molecule has 0 aromatic heterocycles. The zero-order chi connectivity index (χ0) is 12.6. The number of fused-ring (bicyclic) bond motifs is 1. The molecule has 0 bridgehead atoms. The summed E-state index contributed by atoms with van der Waals surface area (Å²) in [6.45, 7) is 9.12. The highest BCUT2D eigenvalue weighted by molar-refractivity contribution is 6.05. The van der Waals surface area contributed by atoms with E-state index in [0.29, 0.717) is 6.04 Å².